The van der Waals surface area contributed by atoms with Crippen LogP contribution in [0, 0.1) is 0 Å². The maximum absolute atomic E-state index is 13.8. The molecule has 9 heteroatoms. The van der Waals surface area contributed by atoms with E-state index in [0.717, 1.165) is 0 Å². The lowest BCUT2D eigenvalue weighted by Gasteiger charge is -2.36. The third kappa shape index (κ3) is 2.59. The summed E-state index contributed by atoms with van der Waals surface area (Å²) in [4.78, 5) is 11.0. The summed E-state index contributed by atoms with van der Waals surface area (Å²) in [5.41, 5.74) is 1.44. The molecule has 3 heterocycles. The number of fused-ring (bicyclic) bond motifs is 2. The lowest BCUT2D eigenvalue weighted by atomic mass is 10.1. The lowest BCUT2D eigenvalue weighted by molar-refractivity contribution is -0.188. The minimum atomic E-state index is -4.04. The van der Waals surface area contributed by atoms with Gasteiger partial charge in [-0.1, -0.05) is 48.5 Å². The van der Waals surface area contributed by atoms with Crippen molar-refractivity contribution in [2.45, 2.75) is 10.7 Å². The molecule has 0 radical (unpaired) electrons. The number of carbonyl (C=O) groups excluding carboxylic acids is 1. The number of rotatable bonds is 3. The second-order valence-electron chi connectivity index (χ2n) is 7.14. The van der Waals surface area contributed by atoms with E-state index in [1.165, 1.54) is 4.31 Å². The minimum Gasteiger partial charge on any atom is -0.379 e. The zero-order valence-electron chi connectivity index (χ0n) is 15.5. The smallest absolute Gasteiger partial charge is 0.290 e. The first-order valence-corrected chi connectivity index (χ1v) is 10.8. The van der Waals surface area contributed by atoms with Gasteiger partial charge in [0.2, 0.25) is 4.93 Å². The number of benzene rings is 2. The fourth-order valence-electron chi connectivity index (χ4n) is 4.04. The highest BCUT2D eigenvalue weighted by Gasteiger charge is 2.66. The maximum atomic E-state index is 13.8. The van der Waals surface area contributed by atoms with E-state index in [4.69, 9.17) is 14.2 Å². The highest BCUT2D eigenvalue weighted by atomic mass is 32.2. The van der Waals surface area contributed by atoms with E-state index in [1.807, 2.05) is 0 Å². The first kappa shape index (κ1) is 18.7. The number of hydrogen-bond acceptors (Lipinski definition) is 6. The number of carbonyl (C=O) groups is 1. The average molecular weight is 416 g/mol. The molecule has 2 unspecified atom stereocenters. The molecule has 5 rings (SSSR count). The number of nitrogens with one attached hydrogen (secondary N) is 1. The number of anilines is 1. The van der Waals surface area contributed by atoms with Gasteiger partial charge in [-0.05, 0) is 6.07 Å². The summed E-state index contributed by atoms with van der Waals surface area (Å²) in [5.74, 6) is -2.35. The van der Waals surface area contributed by atoms with Crippen LogP contribution in [-0.4, -0.2) is 51.5 Å². The van der Waals surface area contributed by atoms with Crippen LogP contribution in [0.25, 0.3) is 0 Å². The number of amides is 1. The number of para-hydroxylation sites is 1. The van der Waals surface area contributed by atoms with Gasteiger partial charge in [-0.25, -0.2) is 8.42 Å². The highest BCUT2D eigenvalue weighted by molar-refractivity contribution is 7.90. The Hall–Kier alpha value is -2.30. The first-order chi connectivity index (χ1) is 14.0. The van der Waals surface area contributed by atoms with Crippen molar-refractivity contribution in [1.82, 2.24) is 4.31 Å². The van der Waals surface area contributed by atoms with Crippen LogP contribution in [-0.2, 0) is 39.7 Å². The molecule has 1 amide bonds. The van der Waals surface area contributed by atoms with Crippen LogP contribution in [0.2, 0.25) is 0 Å². The molecule has 2 saturated heterocycles. The summed E-state index contributed by atoms with van der Waals surface area (Å²) >= 11 is 0. The summed E-state index contributed by atoms with van der Waals surface area (Å²) in [6.45, 7) is 0.740. The van der Waals surface area contributed by atoms with Gasteiger partial charge in [0.1, 0.15) is 6.61 Å². The standard InChI is InChI=1S/C20H20N2O6S/c23-18-20(16-8-4-5-9-17(16)21-18)27-14-19(28-20,15-6-2-1-3-7-15)29(24,25)22-10-12-26-13-11-22/h1-9H,10-14H2,(H,21,23). The normalized spacial score (nSPS) is 29.7. The Morgan fingerprint density at radius 2 is 1.66 bits per heavy atom. The van der Waals surface area contributed by atoms with Crippen LogP contribution in [0.4, 0.5) is 5.69 Å². The molecule has 29 heavy (non-hydrogen) atoms. The van der Waals surface area contributed by atoms with Crippen LogP contribution in [0.5, 0.6) is 0 Å². The molecule has 0 bridgehead atoms. The Labute approximate surface area is 168 Å². The van der Waals surface area contributed by atoms with Crippen molar-refractivity contribution in [2.75, 3.05) is 38.2 Å². The van der Waals surface area contributed by atoms with Gasteiger partial charge in [-0.2, -0.15) is 4.31 Å². The maximum Gasteiger partial charge on any atom is 0.290 e. The molecule has 8 nitrogen and oxygen atoms in total. The zero-order valence-corrected chi connectivity index (χ0v) is 16.4. The summed E-state index contributed by atoms with van der Waals surface area (Å²) in [6, 6.07) is 15.6. The van der Waals surface area contributed by atoms with Crippen molar-refractivity contribution in [3.63, 3.8) is 0 Å². The number of hydrogen-bond donors (Lipinski definition) is 1. The van der Waals surface area contributed by atoms with Gasteiger partial charge in [-0.15, -0.1) is 0 Å². The van der Waals surface area contributed by atoms with Gasteiger partial charge in [0.05, 0.1) is 18.9 Å². The van der Waals surface area contributed by atoms with Crippen molar-refractivity contribution in [3.8, 4) is 0 Å². The first-order valence-electron chi connectivity index (χ1n) is 9.38. The Balaban J connectivity index is 1.66. The van der Waals surface area contributed by atoms with E-state index in [0.29, 0.717) is 30.0 Å². The molecule has 0 saturated carbocycles. The van der Waals surface area contributed by atoms with E-state index >= 15 is 0 Å². The Kier molecular flexibility index (Phi) is 4.27. The van der Waals surface area contributed by atoms with Crippen LogP contribution < -0.4 is 5.32 Å². The number of morpholine rings is 1. The van der Waals surface area contributed by atoms with Crippen molar-refractivity contribution >= 4 is 21.6 Å². The minimum absolute atomic E-state index is 0.218. The molecular formula is C20H20N2O6S. The van der Waals surface area contributed by atoms with E-state index < -0.39 is 26.7 Å². The zero-order chi connectivity index (χ0) is 20.1. The second kappa shape index (κ2) is 6.61. The molecule has 2 aromatic carbocycles. The number of ether oxygens (including phenoxy) is 3. The molecule has 152 valence electrons. The predicted molar refractivity (Wildman–Crippen MR) is 103 cm³/mol. The third-order valence-electron chi connectivity index (χ3n) is 5.54. The summed E-state index contributed by atoms with van der Waals surface area (Å²) in [5, 5.41) is 2.73. The molecule has 2 fully saturated rings. The van der Waals surface area contributed by atoms with Gasteiger partial charge >= 0.3 is 0 Å². The van der Waals surface area contributed by atoms with Gasteiger partial charge in [0.15, 0.2) is 0 Å². The van der Waals surface area contributed by atoms with Gasteiger partial charge in [-0.3, -0.25) is 4.79 Å². The van der Waals surface area contributed by atoms with Crippen molar-refractivity contribution in [3.05, 3.63) is 65.7 Å². The van der Waals surface area contributed by atoms with E-state index in [-0.39, 0.29) is 19.7 Å². The summed E-state index contributed by atoms with van der Waals surface area (Å²) in [7, 11) is -4.04. The molecule has 1 N–H and O–H groups in total. The fourth-order valence-corrected chi connectivity index (χ4v) is 5.96. The van der Waals surface area contributed by atoms with Crippen molar-refractivity contribution in [2.24, 2.45) is 0 Å². The number of nitrogens with zero attached hydrogens (tertiary/aromatic N) is 1. The summed E-state index contributed by atoms with van der Waals surface area (Å²) in [6.07, 6.45) is 0. The fraction of sp³-hybridized carbons (Fsp3) is 0.350. The SMILES string of the molecule is O=C1Nc2ccccc2C12OCC(c1ccccc1)(S(=O)(=O)N1CCOCC1)O2. The Bertz CT molecular complexity index is 1050. The molecule has 2 aromatic rings. The van der Waals surface area contributed by atoms with Crippen LogP contribution in [0.15, 0.2) is 54.6 Å². The average Bonchev–Trinajstić information content (AvgIpc) is 3.30. The number of sulfonamides is 1. The van der Waals surface area contributed by atoms with Gasteiger partial charge in [0.25, 0.3) is 21.7 Å². The molecule has 0 aromatic heterocycles. The monoisotopic (exact) mass is 416 g/mol. The molecule has 0 aliphatic carbocycles. The summed E-state index contributed by atoms with van der Waals surface area (Å²) < 4.78 is 46.4. The largest absolute Gasteiger partial charge is 0.379 e. The van der Waals surface area contributed by atoms with Crippen LogP contribution in [0.3, 0.4) is 0 Å². The van der Waals surface area contributed by atoms with E-state index in [9.17, 15) is 13.2 Å². The van der Waals surface area contributed by atoms with Gasteiger partial charge in [0, 0.05) is 24.2 Å². The van der Waals surface area contributed by atoms with Crippen LogP contribution >= 0.6 is 0 Å². The predicted octanol–water partition coefficient (Wildman–Crippen LogP) is 1.35. The van der Waals surface area contributed by atoms with Crippen molar-refractivity contribution < 1.29 is 27.4 Å². The molecular weight excluding hydrogens is 396 g/mol. The Morgan fingerprint density at radius 1 is 0.966 bits per heavy atom. The molecule has 3 aliphatic rings. The Morgan fingerprint density at radius 3 is 2.41 bits per heavy atom. The third-order valence-corrected chi connectivity index (χ3v) is 7.86. The lowest BCUT2D eigenvalue weighted by Crippen LogP contribution is -2.52. The van der Waals surface area contributed by atoms with E-state index in [1.54, 1.807) is 54.6 Å². The van der Waals surface area contributed by atoms with E-state index in [2.05, 4.69) is 5.32 Å². The second-order valence-corrected chi connectivity index (χ2v) is 9.27. The molecule has 3 aliphatic heterocycles. The van der Waals surface area contributed by atoms with Gasteiger partial charge < -0.3 is 19.5 Å². The van der Waals surface area contributed by atoms with Crippen molar-refractivity contribution in [1.29, 1.82) is 0 Å². The quantitative estimate of drug-likeness (QED) is 0.812. The molecule has 2 atom stereocenters. The van der Waals surface area contributed by atoms with Crippen LogP contribution in [0.1, 0.15) is 11.1 Å². The highest BCUT2D eigenvalue weighted by Crippen LogP contribution is 2.52. The topological polar surface area (TPSA) is 94.2 Å². The molecule has 1 spiro atoms.